The number of hydrogen-bond donors (Lipinski definition) is 2. The van der Waals surface area contributed by atoms with Crippen molar-refractivity contribution in [1.82, 2.24) is 5.32 Å². The number of anilines is 1. The summed E-state index contributed by atoms with van der Waals surface area (Å²) in [7, 11) is 1.61. The van der Waals surface area contributed by atoms with E-state index in [1.807, 2.05) is 32.0 Å². The summed E-state index contributed by atoms with van der Waals surface area (Å²) in [6, 6.07) is 5.48. The number of benzene rings is 1. The maximum Gasteiger partial charge on any atom is 0.224 e. The number of carbonyl (C=O) groups excluding carboxylic acids is 1. The van der Waals surface area contributed by atoms with Gasteiger partial charge in [0.05, 0.1) is 18.9 Å². The number of rotatable bonds is 7. The minimum absolute atomic E-state index is 0.0231. The summed E-state index contributed by atoms with van der Waals surface area (Å²) >= 11 is 0. The van der Waals surface area contributed by atoms with Crippen LogP contribution in [0.4, 0.5) is 5.69 Å². The Kier molecular flexibility index (Phi) is 6.91. The van der Waals surface area contributed by atoms with E-state index in [9.17, 15) is 4.79 Å². The van der Waals surface area contributed by atoms with Crippen LogP contribution in [0.2, 0.25) is 0 Å². The molecule has 0 radical (unpaired) electrons. The van der Waals surface area contributed by atoms with Crippen LogP contribution in [0.15, 0.2) is 18.2 Å². The highest BCUT2D eigenvalue weighted by Gasteiger charge is 2.22. The number of methoxy groups -OCH3 is 1. The second kappa shape index (κ2) is 8.92. The molecule has 0 bridgehead atoms. The Hall–Kier alpha value is -1.75. The Morgan fingerprint density at radius 3 is 2.79 bits per heavy atom. The fourth-order valence-electron chi connectivity index (χ4n) is 3.12. The van der Waals surface area contributed by atoms with Gasteiger partial charge in [-0.3, -0.25) is 4.79 Å². The molecule has 1 amide bonds. The highest BCUT2D eigenvalue weighted by atomic mass is 16.5. The fraction of sp³-hybridized carbons (Fsp3) is 0.632. The smallest absolute Gasteiger partial charge is 0.224 e. The summed E-state index contributed by atoms with van der Waals surface area (Å²) in [5.74, 6) is 2.33. The number of carbonyl (C=O) groups is 1. The van der Waals surface area contributed by atoms with Crippen LogP contribution in [0.5, 0.6) is 11.5 Å². The van der Waals surface area contributed by atoms with Gasteiger partial charge in [-0.1, -0.05) is 6.92 Å². The van der Waals surface area contributed by atoms with Crippen LogP contribution in [0.25, 0.3) is 0 Å². The monoisotopic (exact) mass is 334 g/mol. The lowest BCUT2D eigenvalue weighted by molar-refractivity contribution is -0.117. The molecule has 0 spiro atoms. The first-order chi connectivity index (χ1) is 11.5. The van der Waals surface area contributed by atoms with Crippen molar-refractivity contribution >= 4 is 11.6 Å². The third kappa shape index (κ3) is 5.41. The molecule has 134 valence electrons. The van der Waals surface area contributed by atoms with E-state index < -0.39 is 0 Å². The first-order valence-corrected chi connectivity index (χ1v) is 8.85. The maximum absolute atomic E-state index is 12.5. The number of nitrogens with one attached hydrogen (secondary N) is 2. The molecule has 1 aromatic carbocycles. The standard InChI is InChI=1S/C19H30N2O3/c1-13(2)24-18-8-7-16(23-4)11-17(18)21-19(22)10-14(3)15-6-5-9-20-12-15/h7-8,11,13-15,20H,5-6,9-10,12H2,1-4H3,(H,21,22). The van der Waals surface area contributed by atoms with E-state index in [-0.39, 0.29) is 12.0 Å². The first kappa shape index (κ1) is 18.6. The Labute approximate surface area is 145 Å². The Morgan fingerprint density at radius 2 is 2.17 bits per heavy atom. The third-order valence-electron chi connectivity index (χ3n) is 4.47. The van der Waals surface area contributed by atoms with Gasteiger partial charge in [-0.25, -0.2) is 0 Å². The molecule has 1 aliphatic rings. The van der Waals surface area contributed by atoms with Gasteiger partial charge in [-0.05, 0) is 63.7 Å². The summed E-state index contributed by atoms with van der Waals surface area (Å²) < 4.78 is 11.0. The lowest BCUT2D eigenvalue weighted by Gasteiger charge is -2.28. The Morgan fingerprint density at radius 1 is 1.38 bits per heavy atom. The molecular formula is C19H30N2O3. The number of piperidine rings is 1. The summed E-state index contributed by atoms with van der Waals surface area (Å²) in [6.45, 7) is 8.20. The second-order valence-electron chi connectivity index (χ2n) is 6.86. The predicted molar refractivity (Wildman–Crippen MR) is 96.8 cm³/mol. The second-order valence-corrected chi connectivity index (χ2v) is 6.86. The van der Waals surface area contributed by atoms with E-state index in [1.165, 1.54) is 12.8 Å². The van der Waals surface area contributed by atoms with Gasteiger partial charge < -0.3 is 20.1 Å². The lowest BCUT2D eigenvalue weighted by atomic mass is 9.85. The Bertz CT molecular complexity index is 539. The van der Waals surface area contributed by atoms with Crippen molar-refractivity contribution in [3.8, 4) is 11.5 Å². The molecule has 1 fully saturated rings. The van der Waals surface area contributed by atoms with Crippen molar-refractivity contribution in [3.05, 3.63) is 18.2 Å². The minimum atomic E-state index is 0.0231. The zero-order valence-electron chi connectivity index (χ0n) is 15.2. The zero-order chi connectivity index (χ0) is 17.5. The SMILES string of the molecule is COc1ccc(OC(C)C)c(NC(=O)CC(C)C2CCCNC2)c1. The molecule has 0 aliphatic carbocycles. The van der Waals surface area contributed by atoms with E-state index in [0.29, 0.717) is 35.4 Å². The molecule has 0 saturated carbocycles. The molecule has 1 aromatic rings. The van der Waals surface area contributed by atoms with Crippen molar-refractivity contribution in [2.24, 2.45) is 11.8 Å². The van der Waals surface area contributed by atoms with Gasteiger partial charge in [-0.15, -0.1) is 0 Å². The maximum atomic E-state index is 12.5. The molecule has 2 N–H and O–H groups in total. The van der Waals surface area contributed by atoms with Crippen molar-refractivity contribution in [1.29, 1.82) is 0 Å². The lowest BCUT2D eigenvalue weighted by Crippen LogP contribution is -2.34. The first-order valence-electron chi connectivity index (χ1n) is 8.85. The number of amides is 1. The van der Waals surface area contributed by atoms with Gasteiger partial charge in [0, 0.05) is 12.5 Å². The molecule has 5 nitrogen and oxygen atoms in total. The van der Waals surface area contributed by atoms with Crippen molar-refractivity contribution in [2.45, 2.75) is 46.1 Å². The van der Waals surface area contributed by atoms with Crippen molar-refractivity contribution < 1.29 is 14.3 Å². The van der Waals surface area contributed by atoms with Crippen LogP contribution < -0.4 is 20.1 Å². The van der Waals surface area contributed by atoms with E-state index in [4.69, 9.17) is 9.47 Å². The molecular weight excluding hydrogens is 304 g/mol. The van der Waals surface area contributed by atoms with Crippen molar-refractivity contribution in [3.63, 3.8) is 0 Å². The summed E-state index contributed by atoms with van der Waals surface area (Å²) in [6.07, 6.45) is 2.95. The van der Waals surface area contributed by atoms with Crippen LogP contribution in [0, 0.1) is 11.8 Å². The van der Waals surface area contributed by atoms with E-state index in [0.717, 1.165) is 13.1 Å². The quantitative estimate of drug-likeness (QED) is 0.802. The summed E-state index contributed by atoms with van der Waals surface area (Å²) in [4.78, 5) is 12.5. The average Bonchev–Trinajstić information content (AvgIpc) is 2.56. The van der Waals surface area contributed by atoms with Gasteiger partial charge in [0.15, 0.2) is 0 Å². The van der Waals surface area contributed by atoms with Gasteiger partial charge in [0.1, 0.15) is 11.5 Å². The predicted octanol–water partition coefficient (Wildman–Crippen LogP) is 3.45. The van der Waals surface area contributed by atoms with Gasteiger partial charge in [-0.2, -0.15) is 0 Å². The highest BCUT2D eigenvalue weighted by molar-refractivity contribution is 5.92. The summed E-state index contributed by atoms with van der Waals surface area (Å²) in [5.41, 5.74) is 0.669. The van der Waals surface area contributed by atoms with E-state index in [1.54, 1.807) is 7.11 Å². The number of hydrogen-bond acceptors (Lipinski definition) is 4. The van der Waals surface area contributed by atoms with E-state index in [2.05, 4.69) is 17.6 Å². The van der Waals surface area contributed by atoms with Crippen LogP contribution in [-0.2, 0) is 4.79 Å². The fourth-order valence-corrected chi connectivity index (χ4v) is 3.12. The summed E-state index contributed by atoms with van der Waals surface area (Å²) in [5, 5.41) is 6.41. The van der Waals surface area contributed by atoms with Crippen LogP contribution in [0.1, 0.15) is 40.0 Å². The highest BCUT2D eigenvalue weighted by Crippen LogP contribution is 2.31. The molecule has 2 rings (SSSR count). The molecule has 1 heterocycles. The average molecular weight is 334 g/mol. The van der Waals surface area contributed by atoms with Crippen LogP contribution >= 0.6 is 0 Å². The largest absolute Gasteiger partial charge is 0.497 e. The zero-order valence-corrected chi connectivity index (χ0v) is 15.2. The minimum Gasteiger partial charge on any atom is -0.497 e. The van der Waals surface area contributed by atoms with Gasteiger partial charge in [0.2, 0.25) is 5.91 Å². The molecule has 24 heavy (non-hydrogen) atoms. The molecule has 2 unspecified atom stereocenters. The molecule has 1 aliphatic heterocycles. The van der Waals surface area contributed by atoms with E-state index >= 15 is 0 Å². The molecule has 0 aromatic heterocycles. The number of ether oxygens (including phenoxy) is 2. The van der Waals surface area contributed by atoms with Crippen LogP contribution in [0.3, 0.4) is 0 Å². The molecule has 2 atom stereocenters. The van der Waals surface area contributed by atoms with Gasteiger partial charge in [0.25, 0.3) is 0 Å². The van der Waals surface area contributed by atoms with Crippen LogP contribution in [-0.4, -0.2) is 32.2 Å². The topological polar surface area (TPSA) is 59.6 Å². The molecule has 5 heteroatoms. The van der Waals surface area contributed by atoms with Crippen molar-refractivity contribution in [2.75, 3.05) is 25.5 Å². The van der Waals surface area contributed by atoms with Gasteiger partial charge >= 0.3 is 0 Å². The Balaban J connectivity index is 2.01. The third-order valence-corrected chi connectivity index (χ3v) is 4.47. The molecule has 1 saturated heterocycles. The normalized spacial score (nSPS) is 19.0.